The maximum absolute atomic E-state index is 6.19. The predicted molar refractivity (Wildman–Crippen MR) is 112 cm³/mol. The third-order valence-electron chi connectivity index (χ3n) is 3.19. The second-order valence-corrected chi connectivity index (χ2v) is 9.86. The molecule has 0 amide bonds. The monoisotopic (exact) mass is 466 g/mol. The van der Waals surface area contributed by atoms with E-state index in [-0.39, 0.29) is 0 Å². The fourth-order valence-corrected chi connectivity index (χ4v) is 6.43. The molecule has 0 spiro atoms. The van der Waals surface area contributed by atoms with Gasteiger partial charge >= 0.3 is 0 Å². The standard InChI is InChI=1S/C16H10Cl4N2S3/c17-11-3-1-4-12(18)9(11)7-23-15-21-22-16(25-15)24-8-10-13(19)5-2-6-14(10)20/h1-6H,7-8H2. The number of aromatic nitrogens is 2. The Bertz CT molecular complexity index is 775. The van der Waals surface area contributed by atoms with Gasteiger partial charge in [-0.2, -0.15) is 0 Å². The van der Waals surface area contributed by atoms with Crippen LogP contribution >= 0.6 is 81.3 Å². The van der Waals surface area contributed by atoms with Crippen LogP contribution in [0.5, 0.6) is 0 Å². The molecular weight excluding hydrogens is 458 g/mol. The minimum atomic E-state index is 0.647. The van der Waals surface area contributed by atoms with Gasteiger partial charge < -0.3 is 0 Å². The lowest BCUT2D eigenvalue weighted by Crippen LogP contribution is -1.84. The van der Waals surface area contributed by atoms with Crippen molar-refractivity contribution >= 4 is 81.3 Å². The average molecular weight is 468 g/mol. The zero-order valence-corrected chi connectivity index (χ0v) is 18.0. The Labute approximate surface area is 178 Å². The van der Waals surface area contributed by atoms with Crippen molar-refractivity contribution in [3.05, 3.63) is 67.6 Å². The predicted octanol–water partition coefficient (Wildman–Crippen LogP) is 7.74. The molecule has 0 N–H and O–H groups in total. The van der Waals surface area contributed by atoms with Crippen LogP contribution in [0.4, 0.5) is 0 Å². The normalized spacial score (nSPS) is 11.0. The number of hydrogen-bond donors (Lipinski definition) is 0. The van der Waals surface area contributed by atoms with E-state index in [2.05, 4.69) is 10.2 Å². The summed E-state index contributed by atoms with van der Waals surface area (Å²) >= 11 is 29.4. The molecule has 3 rings (SSSR count). The second kappa shape index (κ2) is 9.18. The van der Waals surface area contributed by atoms with E-state index in [9.17, 15) is 0 Å². The van der Waals surface area contributed by atoms with E-state index in [1.807, 2.05) is 36.4 Å². The molecule has 25 heavy (non-hydrogen) atoms. The van der Waals surface area contributed by atoms with Gasteiger partial charge in [-0.15, -0.1) is 10.2 Å². The molecule has 0 aliphatic rings. The molecule has 1 aromatic heterocycles. The van der Waals surface area contributed by atoms with Gasteiger partial charge in [0.25, 0.3) is 0 Å². The summed E-state index contributed by atoms with van der Waals surface area (Å²) in [5.41, 5.74) is 1.81. The van der Waals surface area contributed by atoms with Crippen LogP contribution in [0.2, 0.25) is 20.1 Å². The molecule has 0 radical (unpaired) electrons. The summed E-state index contributed by atoms with van der Waals surface area (Å²) in [7, 11) is 0. The van der Waals surface area contributed by atoms with Crippen LogP contribution in [-0.4, -0.2) is 10.2 Å². The van der Waals surface area contributed by atoms with Crippen LogP contribution in [0.25, 0.3) is 0 Å². The van der Waals surface area contributed by atoms with Crippen molar-refractivity contribution in [2.45, 2.75) is 20.2 Å². The van der Waals surface area contributed by atoms with E-state index in [1.165, 1.54) is 11.3 Å². The van der Waals surface area contributed by atoms with Crippen LogP contribution in [0.15, 0.2) is 45.1 Å². The highest BCUT2D eigenvalue weighted by atomic mass is 35.5. The molecule has 130 valence electrons. The Morgan fingerprint density at radius 2 is 1.04 bits per heavy atom. The summed E-state index contributed by atoms with van der Waals surface area (Å²) in [4.78, 5) is 0. The van der Waals surface area contributed by atoms with E-state index < -0.39 is 0 Å². The van der Waals surface area contributed by atoms with Gasteiger partial charge in [-0.25, -0.2) is 0 Å². The second-order valence-electron chi connectivity index (χ2n) is 4.81. The molecule has 0 fully saturated rings. The number of hydrogen-bond acceptors (Lipinski definition) is 5. The van der Waals surface area contributed by atoms with Gasteiger partial charge in [0.05, 0.1) is 0 Å². The van der Waals surface area contributed by atoms with Crippen LogP contribution in [0, 0.1) is 0 Å². The lowest BCUT2D eigenvalue weighted by atomic mass is 10.2. The van der Waals surface area contributed by atoms with E-state index in [0.717, 1.165) is 19.8 Å². The van der Waals surface area contributed by atoms with Crippen molar-refractivity contribution in [1.82, 2.24) is 10.2 Å². The molecule has 0 aliphatic carbocycles. The minimum Gasteiger partial charge on any atom is -0.131 e. The molecule has 2 aromatic carbocycles. The SMILES string of the molecule is Clc1cccc(Cl)c1CSc1nnc(SCc2c(Cl)cccc2Cl)s1. The van der Waals surface area contributed by atoms with Gasteiger partial charge in [0.2, 0.25) is 0 Å². The molecule has 0 unspecified atom stereocenters. The van der Waals surface area contributed by atoms with E-state index >= 15 is 0 Å². The fourth-order valence-electron chi connectivity index (χ4n) is 1.92. The minimum absolute atomic E-state index is 0.647. The largest absolute Gasteiger partial charge is 0.175 e. The first-order valence-corrected chi connectivity index (χ1v) is 11.3. The first kappa shape index (κ1) is 19.6. The maximum Gasteiger partial charge on any atom is 0.175 e. The Hall–Kier alpha value is -0.140. The van der Waals surface area contributed by atoms with Gasteiger partial charge in [-0.05, 0) is 35.4 Å². The molecule has 3 aromatic rings. The number of nitrogens with zero attached hydrogens (tertiary/aromatic N) is 2. The Morgan fingerprint density at radius 3 is 1.40 bits per heavy atom. The van der Waals surface area contributed by atoms with Crippen LogP contribution < -0.4 is 0 Å². The fraction of sp³-hybridized carbons (Fsp3) is 0.125. The molecule has 9 heteroatoms. The molecule has 0 atom stereocenters. The van der Waals surface area contributed by atoms with Crippen molar-refractivity contribution in [2.75, 3.05) is 0 Å². The van der Waals surface area contributed by atoms with E-state index in [0.29, 0.717) is 31.6 Å². The van der Waals surface area contributed by atoms with Crippen molar-refractivity contribution < 1.29 is 0 Å². The molecular formula is C16H10Cl4N2S3. The maximum atomic E-state index is 6.19. The zero-order valence-electron chi connectivity index (χ0n) is 12.5. The number of benzene rings is 2. The zero-order chi connectivity index (χ0) is 17.8. The Balaban J connectivity index is 1.61. The van der Waals surface area contributed by atoms with E-state index in [1.54, 1.807) is 23.5 Å². The smallest absolute Gasteiger partial charge is 0.131 e. The lowest BCUT2D eigenvalue weighted by Gasteiger charge is -2.04. The highest BCUT2D eigenvalue weighted by Crippen LogP contribution is 2.37. The third-order valence-corrected chi connectivity index (χ3v) is 7.85. The van der Waals surface area contributed by atoms with Crippen LogP contribution in [-0.2, 0) is 11.5 Å². The topological polar surface area (TPSA) is 25.8 Å². The molecule has 0 saturated heterocycles. The lowest BCUT2D eigenvalue weighted by molar-refractivity contribution is 0.954. The quantitative estimate of drug-likeness (QED) is 0.346. The van der Waals surface area contributed by atoms with Crippen molar-refractivity contribution in [1.29, 1.82) is 0 Å². The number of rotatable bonds is 6. The Kier molecular flexibility index (Phi) is 7.20. The van der Waals surface area contributed by atoms with E-state index in [4.69, 9.17) is 46.4 Å². The molecule has 1 heterocycles. The van der Waals surface area contributed by atoms with Crippen molar-refractivity contribution in [3.63, 3.8) is 0 Å². The molecule has 0 bridgehead atoms. The first-order chi connectivity index (χ1) is 12.0. The average Bonchev–Trinajstić information content (AvgIpc) is 3.02. The summed E-state index contributed by atoms with van der Waals surface area (Å²) in [6, 6.07) is 11.0. The van der Waals surface area contributed by atoms with Gasteiger partial charge in [0, 0.05) is 31.6 Å². The van der Waals surface area contributed by atoms with Crippen molar-refractivity contribution in [3.8, 4) is 0 Å². The highest BCUT2D eigenvalue weighted by molar-refractivity contribution is 8.02. The summed E-state index contributed by atoms with van der Waals surface area (Å²) < 4.78 is 1.73. The summed E-state index contributed by atoms with van der Waals surface area (Å²) in [5, 5.41) is 11.1. The summed E-state index contributed by atoms with van der Waals surface area (Å²) in [6.45, 7) is 0. The summed E-state index contributed by atoms with van der Waals surface area (Å²) in [5.74, 6) is 1.29. The Morgan fingerprint density at radius 1 is 0.680 bits per heavy atom. The molecule has 2 nitrogen and oxygen atoms in total. The van der Waals surface area contributed by atoms with Gasteiger partial charge in [0.1, 0.15) is 0 Å². The number of halogens is 4. The molecule has 0 saturated carbocycles. The number of thioether (sulfide) groups is 2. The first-order valence-electron chi connectivity index (χ1n) is 6.99. The van der Waals surface area contributed by atoms with Crippen LogP contribution in [0.1, 0.15) is 11.1 Å². The highest BCUT2D eigenvalue weighted by Gasteiger charge is 2.12. The van der Waals surface area contributed by atoms with Gasteiger partial charge in [-0.3, -0.25) is 0 Å². The summed E-state index contributed by atoms with van der Waals surface area (Å²) in [6.07, 6.45) is 0. The van der Waals surface area contributed by atoms with Gasteiger partial charge in [-0.1, -0.05) is 93.4 Å². The third kappa shape index (κ3) is 5.19. The van der Waals surface area contributed by atoms with Crippen molar-refractivity contribution in [2.24, 2.45) is 0 Å². The van der Waals surface area contributed by atoms with Crippen LogP contribution in [0.3, 0.4) is 0 Å². The van der Waals surface area contributed by atoms with Gasteiger partial charge in [0.15, 0.2) is 8.68 Å². The molecule has 0 aliphatic heterocycles.